The second-order valence-corrected chi connectivity index (χ2v) is 3.20. The second-order valence-electron chi connectivity index (χ2n) is 3.20. The first-order valence-corrected chi connectivity index (χ1v) is 4.78. The molecular weight excluding hydrogens is 198 g/mol. The summed E-state index contributed by atoms with van der Waals surface area (Å²) in [6.45, 7) is 1.93. The van der Waals surface area contributed by atoms with Gasteiger partial charge in [0.2, 0.25) is 0 Å². The van der Waals surface area contributed by atoms with Crippen molar-refractivity contribution in [1.82, 2.24) is 0 Å². The van der Waals surface area contributed by atoms with Gasteiger partial charge in [0, 0.05) is 5.56 Å². The lowest BCUT2D eigenvalue weighted by molar-refractivity contribution is 0.221. The predicted octanol–water partition coefficient (Wildman–Crippen LogP) is 2.48. The van der Waals surface area contributed by atoms with E-state index in [0.29, 0.717) is 12.0 Å². The van der Waals surface area contributed by atoms with Gasteiger partial charge < -0.3 is 5.11 Å². The zero-order valence-corrected chi connectivity index (χ0v) is 8.43. The molecule has 0 amide bonds. The molecule has 0 spiro atoms. The first kappa shape index (κ1) is 11.7. The van der Waals surface area contributed by atoms with Crippen molar-refractivity contribution in [3.63, 3.8) is 0 Å². The molecule has 1 aromatic rings. The molecule has 0 radical (unpaired) electrons. The van der Waals surface area contributed by atoms with Crippen molar-refractivity contribution in [3.05, 3.63) is 35.4 Å². The first-order chi connectivity index (χ1) is 7.13. The molecule has 3 heteroatoms. The number of rotatable bonds is 2. The van der Waals surface area contributed by atoms with Gasteiger partial charge in [-0.3, -0.25) is 0 Å². The molecule has 0 aliphatic rings. The Morgan fingerprint density at radius 2 is 2.07 bits per heavy atom. The maximum atomic E-state index is 12.7. The van der Waals surface area contributed by atoms with Crippen LogP contribution in [0.25, 0.3) is 0 Å². The summed E-state index contributed by atoms with van der Waals surface area (Å²) in [5.41, 5.74) is 0.365. The fourth-order valence-electron chi connectivity index (χ4n) is 1.09. The number of benzene rings is 1. The highest BCUT2D eigenvalue weighted by Crippen LogP contribution is 2.07. The van der Waals surface area contributed by atoms with Gasteiger partial charge in [0.15, 0.2) is 11.6 Å². The van der Waals surface area contributed by atoms with Crippen molar-refractivity contribution < 1.29 is 13.9 Å². The minimum atomic E-state index is -0.924. The summed E-state index contributed by atoms with van der Waals surface area (Å²) in [6.07, 6.45) is 0.702. The van der Waals surface area contributed by atoms with Crippen molar-refractivity contribution in [2.45, 2.75) is 25.9 Å². The molecule has 0 aromatic heterocycles. The molecule has 0 aliphatic carbocycles. The molecular formula is C12H12F2O. The van der Waals surface area contributed by atoms with E-state index in [-0.39, 0.29) is 0 Å². The Balaban J connectivity index is 2.76. The maximum absolute atomic E-state index is 12.7. The minimum Gasteiger partial charge on any atom is -0.380 e. The quantitative estimate of drug-likeness (QED) is 0.743. The van der Waals surface area contributed by atoms with E-state index in [0.717, 1.165) is 18.6 Å². The van der Waals surface area contributed by atoms with E-state index in [2.05, 4.69) is 11.8 Å². The Morgan fingerprint density at radius 3 is 2.67 bits per heavy atom. The maximum Gasteiger partial charge on any atom is 0.160 e. The van der Waals surface area contributed by atoms with Crippen LogP contribution < -0.4 is 0 Å². The van der Waals surface area contributed by atoms with Gasteiger partial charge in [-0.1, -0.05) is 25.2 Å². The molecule has 0 unspecified atom stereocenters. The average molecular weight is 210 g/mol. The number of halogens is 2. The van der Waals surface area contributed by atoms with Crippen molar-refractivity contribution >= 4 is 0 Å². The van der Waals surface area contributed by atoms with E-state index < -0.39 is 17.7 Å². The largest absolute Gasteiger partial charge is 0.380 e. The Bertz CT molecular complexity index is 390. The summed E-state index contributed by atoms with van der Waals surface area (Å²) < 4.78 is 25.3. The molecule has 1 nitrogen and oxygen atoms in total. The van der Waals surface area contributed by atoms with Crippen LogP contribution in [-0.2, 0) is 0 Å². The van der Waals surface area contributed by atoms with Crippen LogP contribution in [0.1, 0.15) is 25.3 Å². The van der Waals surface area contributed by atoms with Crippen LogP contribution in [0, 0.1) is 23.5 Å². The number of aliphatic hydroxyl groups excluding tert-OH is 1. The van der Waals surface area contributed by atoms with Gasteiger partial charge >= 0.3 is 0 Å². The standard InChI is InChI=1S/C12H12F2O/c1-2-3-10(15)6-4-9-5-7-11(13)12(14)8-9/h5,7-8,10,15H,2-3H2,1H3/t10-/m0/s1. The van der Waals surface area contributed by atoms with Gasteiger partial charge in [-0.25, -0.2) is 8.78 Å². The topological polar surface area (TPSA) is 20.2 Å². The molecule has 15 heavy (non-hydrogen) atoms. The third-order valence-corrected chi connectivity index (χ3v) is 1.86. The summed E-state index contributed by atoms with van der Waals surface area (Å²) in [5.74, 6) is 3.34. The SMILES string of the molecule is CCC[C@H](O)C#Cc1ccc(F)c(F)c1. The highest BCUT2D eigenvalue weighted by Gasteiger charge is 2.00. The zero-order valence-electron chi connectivity index (χ0n) is 8.43. The van der Waals surface area contributed by atoms with Gasteiger partial charge in [-0.15, -0.1) is 0 Å². The molecule has 0 saturated heterocycles. The molecule has 1 atom stereocenters. The van der Waals surface area contributed by atoms with Gasteiger partial charge in [-0.05, 0) is 24.6 Å². The van der Waals surface area contributed by atoms with E-state index in [1.54, 1.807) is 0 Å². The fraction of sp³-hybridized carbons (Fsp3) is 0.333. The van der Waals surface area contributed by atoms with Gasteiger partial charge in [-0.2, -0.15) is 0 Å². The van der Waals surface area contributed by atoms with Crippen LogP contribution in [0.3, 0.4) is 0 Å². The van der Waals surface area contributed by atoms with E-state index in [4.69, 9.17) is 0 Å². The molecule has 1 rings (SSSR count). The van der Waals surface area contributed by atoms with Crippen LogP contribution in [0.5, 0.6) is 0 Å². The van der Waals surface area contributed by atoms with Crippen molar-refractivity contribution in [1.29, 1.82) is 0 Å². The summed E-state index contributed by atoms with van der Waals surface area (Å²) in [4.78, 5) is 0. The number of hydrogen-bond acceptors (Lipinski definition) is 1. The van der Waals surface area contributed by atoms with Crippen molar-refractivity contribution in [2.75, 3.05) is 0 Å². The smallest absolute Gasteiger partial charge is 0.160 e. The predicted molar refractivity (Wildman–Crippen MR) is 54.2 cm³/mol. The van der Waals surface area contributed by atoms with Gasteiger partial charge in [0.1, 0.15) is 6.10 Å². The van der Waals surface area contributed by atoms with E-state index in [1.165, 1.54) is 6.07 Å². The van der Waals surface area contributed by atoms with E-state index >= 15 is 0 Å². The van der Waals surface area contributed by atoms with Crippen LogP contribution in [0.4, 0.5) is 8.78 Å². The summed E-state index contributed by atoms with van der Waals surface area (Å²) in [7, 11) is 0. The highest BCUT2D eigenvalue weighted by atomic mass is 19.2. The highest BCUT2D eigenvalue weighted by molar-refractivity contribution is 5.35. The summed E-state index contributed by atoms with van der Waals surface area (Å²) in [5, 5.41) is 9.29. The summed E-state index contributed by atoms with van der Waals surface area (Å²) >= 11 is 0. The lowest BCUT2D eigenvalue weighted by atomic mass is 10.2. The molecule has 0 heterocycles. The second kappa shape index (κ2) is 5.47. The average Bonchev–Trinajstić information content (AvgIpc) is 2.20. The Kier molecular flexibility index (Phi) is 4.26. The first-order valence-electron chi connectivity index (χ1n) is 4.78. The van der Waals surface area contributed by atoms with Crippen LogP contribution >= 0.6 is 0 Å². The van der Waals surface area contributed by atoms with E-state index in [9.17, 15) is 13.9 Å². The van der Waals surface area contributed by atoms with E-state index in [1.807, 2.05) is 6.92 Å². The molecule has 0 fully saturated rings. The van der Waals surface area contributed by atoms with Crippen molar-refractivity contribution in [2.24, 2.45) is 0 Å². The lowest BCUT2D eigenvalue weighted by Gasteiger charge is -1.98. The van der Waals surface area contributed by atoms with Crippen LogP contribution in [-0.4, -0.2) is 11.2 Å². The molecule has 80 valence electrons. The molecule has 0 aliphatic heterocycles. The zero-order chi connectivity index (χ0) is 11.3. The number of aliphatic hydroxyl groups is 1. The summed E-state index contributed by atoms with van der Waals surface area (Å²) in [6, 6.07) is 3.41. The van der Waals surface area contributed by atoms with Crippen LogP contribution in [0.2, 0.25) is 0 Å². The molecule has 0 saturated carbocycles. The third kappa shape index (κ3) is 3.69. The molecule has 1 aromatic carbocycles. The fourth-order valence-corrected chi connectivity index (χ4v) is 1.09. The van der Waals surface area contributed by atoms with Gasteiger partial charge in [0.05, 0.1) is 0 Å². The minimum absolute atomic E-state index is 0.365. The Hall–Kier alpha value is -1.40. The monoisotopic (exact) mass is 210 g/mol. The van der Waals surface area contributed by atoms with Crippen molar-refractivity contribution in [3.8, 4) is 11.8 Å². The Morgan fingerprint density at radius 1 is 1.33 bits per heavy atom. The Labute approximate surface area is 87.7 Å². The van der Waals surface area contributed by atoms with Crippen LogP contribution in [0.15, 0.2) is 18.2 Å². The molecule has 1 N–H and O–H groups in total. The number of hydrogen-bond donors (Lipinski definition) is 1. The van der Waals surface area contributed by atoms with Gasteiger partial charge in [0.25, 0.3) is 0 Å². The normalized spacial score (nSPS) is 11.7. The third-order valence-electron chi connectivity index (χ3n) is 1.86. The lowest BCUT2D eigenvalue weighted by Crippen LogP contribution is -2.01. The molecule has 0 bridgehead atoms.